The second-order valence-corrected chi connectivity index (χ2v) is 5.72. The monoisotopic (exact) mass is 332 g/mol. The first kappa shape index (κ1) is 14.7. The summed E-state index contributed by atoms with van der Waals surface area (Å²) in [6.45, 7) is 7.30. The molecule has 1 aliphatic heterocycles. The van der Waals surface area contributed by atoms with E-state index in [9.17, 15) is 8.78 Å². The minimum Gasteiger partial charge on any atom is -0.364 e. The van der Waals surface area contributed by atoms with Gasteiger partial charge in [-0.15, -0.1) is 0 Å². The molecular weight excluding hydrogens is 314 g/mol. The van der Waals surface area contributed by atoms with Crippen molar-refractivity contribution in [2.24, 2.45) is 0 Å². The molecule has 1 heterocycles. The van der Waals surface area contributed by atoms with Crippen molar-refractivity contribution in [3.8, 4) is 0 Å². The van der Waals surface area contributed by atoms with E-state index in [0.29, 0.717) is 30.0 Å². The van der Waals surface area contributed by atoms with Crippen molar-refractivity contribution in [3.05, 3.63) is 29.3 Å². The molecule has 0 saturated carbocycles. The van der Waals surface area contributed by atoms with Crippen LogP contribution < -0.4 is 4.90 Å². The van der Waals surface area contributed by atoms with Gasteiger partial charge in [-0.3, -0.25) is 4.90 Å². The fourth-order valence-electron chi connectivity index (χ4n) is 2.46. The predicted molar refractivity (Wildman–Crippen MR) is 77.9 cm³/mol. The van der Waals surface area contributed by atoms with Crippen LogP contribution in [-0.2, 0) is 5.33 Å². The average molecular weight is 333 g/mol. The summed E-state index contributed by atoms with van der Waals surface area (Å²) < 4.78 is 28.0. The van der Waals surface area contributed by atoms with Crippen molar-refractivity contribution in [2.75, 3.05) is 31.1 Å². The molecule has 1 aliphatic rings. The summed E-state index contributed by atoms with van der Waals surface area (Å²) in [7, 11) is 0. The van der Waals surface area contributed by atoms with Gasteiger partial charge < -0.3 is 4.90 Å². The lowest BCUT2D eigenvalue weighted by molar-refractivity contribution is 0.208. The third kappa shape index (κ3) is 3.26. The van der Waals surface area contributed by atoms with Gasteiger partial charge in [-0.05, 0) is 31.5 Å². The standard InChI is InChI=1S/C14H19BrF2N2/c1-10(2)18-3-5-19(6-4-18)14-12(16)7-11(9-15)8-13(14)17/h7-8,10H,3-6,9H2,1-2H3. The first-order valence-electron chi connectivity index (χ1n) is 6.55. The Morgan fingerprint density at radius 1 is 1.11 bits per heavy atom. The van der Waals surface area contributed by atoms with Crippen molar-refractivity contribution < 1.29 is 8.78 Å². The van der Waals surface area contributed by atoms with Crippen LogP contribution in [0.2, 0.25) is 0 Å². The van der Waals surface area contributed by atoms with Crippen LogP contribution in [0.15, 0.2) is 12.1 Å². The van der Waals surface area contributed by atoms with Gasteiger partial charge in [0.2, 0.25) is 0 Å². The number of hydrogen-bond acceptors (Lipinski definition) is 2. The number of halogens is 3. The van der Waals surface area contributed by atoms with E-state index in [-0.39, 0.29) is 5.69 Å². The lowest BCUT2D eigenvalue weighted by atomic mass is 10.1. The minimum atomic E-state index is -0.465. The van der Waals surface area contributed by atoms with Gasteiger partial charge in [0, 0.05) is 37.6 Å². The van der Waals surface area contributed by atoms with Crippen molar-refractivity contribution >= 4 is 21.6 Å². The van der Waals surface area contributed by atoms with Gasteiger partial charge in [-0.25, -0.2) is 8.78 Å². The highest BCUT2D eigenvalue weighted by Crippen LogP contribution is 2.27. The van der Waals surface area contributed by atoms with Gasteiger partial charge >= 0.3 is 0 Å². The molecule has 0 radical (unpaired) electrons. The van der Waals surface area contributed by atoms with Crippen LogP contribution in [0.5, 0.6) is 0 Å². The van der Waals surface area contributed by atoms with Gasteiger partial charge in [0.15, 0.2) is 0 Å². The molecule has 0 atom stereocenters. The lowest BCUT2D eigenvalue weighted by Crippen LogP contribution is -2.49. The van der Waals surface area contributed by atoms with Crippen molar-refractivity contribution in [3.63, 3.8) is 0 Å². The van der Waals surface area contributed by atoms with E-state index in [1.807, 2.05) is 4.90 Å². The molecule has 2 nitrogen and oxygen atoms in total. The van der Waals surface area contributed by atoms with E-state index in [1.54, 1.807) is 0 Å². The summed E-state index contributed by atoms with van der Waals surface area (Å²) in [6.07, 6.45) is 0. The molecule has 2 rings (SSSR count). The van der Waals surface area contributed by atoms with Crippen molar-refractivity contribution in [2.45, 2.75) is 25.2 Å². The molecule has 1 aromatic carbocycles. The predicted octanol–water partition coefficient (Wildman–Crippen LogP) is 3.39. The Labute approximate surface area is 121 Å². The summed E-state index contributed by atoms with van der Waals surface area (Å²) >= 11 is 3.22. The van der Waals surface area contributed by atoms with Crippen LogP contribution in [0.4, 0.5) is 14.5 Å². The van der Waals surface area contributed by atoms with E-state index >= 15 is 0 Å². The summed E-state index contributed by atoms with van der Waals surface area (Å²) in [6, 6.07) is 3.29. The van der Waals surface area contributed by atoms with E-state index in [0.717, 1.165) is 13.1 Å². The van der Waals surface area contributed by atoms with Crippen LogP contribution in [0, 0.1) is 11.6 Å². The smallest absolute Gasteiger partial charge is 0.149 e. The molecule has 0 spiro atoms. The van der Waals surface area contributed by atoms with Gasteiger partial charge in [-0.2, -0.15) is 0 Å². The zero-order valence-corrected chi connectivity index (χ0v) is 12.9. The van der Waals surface area contributed by atoms with E-state index in [2.05, 4.69) is 34.7 Å². The van der Waals surface area contributed by atoms with Crippen LogP contribution in [0.1, 0.15) is 19.4 Å². The number of anilines is 1. The Kier molecular flexibility index (Phi) is 4.79. The fourth-order valence-corrected chi connectivity index (χ4v) is 2.78. The number of alkyl halides is 1. The normalized spacial score (nSPS) is 17.3. The molecule has 0 aromatic heterocycles. The van der Waals surface area contributed by atoms with Crippen LogP contribution in [0.3, 0.4) is 0 Å². The number of benzene rings is 1. The Hall–Kier alpha value is -0.680. The molecule has 0 N–H and O–H groups in total. The third-order valence-electron chi connectivity index (χ3n) is 3.59. The molecule has 0 unspecified atom stereocenters. The maximum absolute atomic E-state index is 14.0. The lowest BCUT2D eigenvalue weighted by Gasteiger charge is -2.38. The summed E-state index contributed by atoms with van der Waals surface area (Å²) in [4.78, 5) is 4.13. The maximum Gasteiger partial charge on any atom is 0.149 e. The summed E-state index contributed by atoms with van der Waals surface area (Å²) in [5, 5.41) is 0.461. The largest absolute Gasteiger partial charge is 0.364 e. The number of nitrogens with zero attached hydrogens (tertiary/aromatic N) is 2. The maximum atomic E-state index is 14.0. The summed E-state index contributed by atoms with van der Waals surface area (Å²) in [5.41, 5.74) is 0.743. The Morgan fingerprint density at radius 2 is 1.63 bits per heavy atom. The minimum absolute atomic E-state index is 0.119. The number of rotatable bonds is 3. The number of hydrogen-bond donors (Lipinski definition) is 0. The second-order valence-electron chi connectivity index (χ2n) is 5.16. The highest BCUT2D eigenvalue weighted by Gasteiger charge is 2.23. The van der Waals surface area contributed by atoms with E-state index in [1.165, 1.54) is 12.1 Å². The Bertz CT molecular complexity index is 420. The van der Waals surface area contributed by atoms with Gasteiger partial charge in [0.1, 0.15) is 17.3 Å². The molecular formula is C14H19BrF2N2. The molecule has 19 heavy (non-hydrogen) atoms. The van der Waals surface area contributed by atoms with Crippen LogP contribution in [-0.4, -0.2) is 37.1 Å². The zero-order chi connectivity index (χ0) is 14.0. The molecule has 106 valence electrons. The van der Waals surface area contributed by atoms with Crippen molar-refractivity contribution in [1.29, 1.82) is 0 Å². The molecule has 1 aromatic rings. The first-order chi connectivity index (χ1) is 9.02. The van der Waals surface area contributed by atoms with Crippen LogP contribution in [0.25, 0.3) is 0 Å². The molecule has 1 fully saturated rings. The second kappa shape index (κ2) is 6.18. The zero-order valence-electron chi connectivity index (χ0n) is 11.3. The Morgan fingerprint density at radius 3 is 2.05 bits per heavy atom. The average Bonchev–Trinajstić information content (AvgIpc) is 2.38. The highest BCUT2D eigenvalue weighted by atomic mass is 79.9. The van der Waals surface area contributed by atoms with Gasteiger partial charge in [0.05, 0.1) is 0 Å². The molecule has 0 bridgehead atoms. The van der Waals surface area contributed by atoms with E-state index in [4.69, 9.17) is 0 Å². The fraction of sp³-hybridized carbons (Fsp3) is 0.571. The third-order valence-corrected chi connectivity index (χ3v) is 4.24. The SMILES string of the molecule is CC(C)N1CCN(c2c(F)cc(CBr)cc2F)CC1. The number of piperazine rings is 1. The van der Waals surface area contributed by atoms with Crippen molar-refractivity contribution in [1.82, 2.24) is 4.90 Å². The molecule has 1 saturated heterocycles. The highest BCUT2D eigenvalue weighted by molar-refractivity contribution is 9.08. The molecule has 5 heteroatoms. The van der Waals surface area contributed by atoms with Crippen LogP contribution >= 0.6 is 15.9 Å². The topological polar surface area (TPSA) is 6.48 Å². The summed E-state index contributed by atoms with van der Waals surface area (Å²) in [5.74, 6) is -0.931. The molecule has 0 aliphatic carbocycles. The van der Waals surface area contributed by atoms with Gasteiger partial charge in [-0.1, -0.05) is 15.9 Å². The Balaban J connectivity index is 2.15. The molecule has 0 amide bonds. The van der Waals surface area contributed by atoms with E-state index < -0.39 is 11.6 Å². The van der Waals surface area contributed by atoms with Gasteiger partial charge in [0.25, 0.3) is 0 Å². The quantitative estimate of drug-likeness (QED) is 0.783. The first-order valence-corrected chi connectivity index (χ1v) is 7.68.